The van der Waals surface area contributed by atoms with E-state index in [1.54, 1.807) is 0 Å². The molecule has 0 bridgehead atoms. The number of ether oxygens (including phenoxy) is 1. The van der Waals surface area contributed by atoms with E-state index in [0.29, 0.717) is 0 Å². The van der Waals surface area contributed by atoms with Gasteiger partial charge in [-0.25, -0.2) is 0 Å². The minimum Gasteiger partial charge on any atom is -0.490 e. The van der Waals surface area contributed by atoms with Gasteiger partial charge >= 0.3 is 5.97 Å². The highest BCUT2D eigenvalue weighted by atomic mass is 16.5. The van der Waals surface area contributed by atoms with Crippen LogP contribution in [-0.2, 0) is 4.79 Å². The lowest BCUT2D eigenvalue weighted by molar-refractivity contribution is -0.139. The molecule has 1 fully saturated rings. The van der Waals surface area contributed by atoms with Crippen molar-refractivity contribution in [2.45, 2.75) is 52.1 Å². The second-order valence-corrected chi connectivity index (χ2v) is 5.57. The molecule has 2 atom stereocenters. The van der Waals surface area contributed by atoms with Crippen LogP contribution in [0.5, 0.6) is 5.75 Å². The van der Waals surface area contributed by atoms with Gasteiger partial charge in [0.2, 0.25) is 0 Å². The lowest BCUT2D eigenvalue weighted by atomic mass is 9.84. The molecule has 2 rings (SSSR count). The van der Waals surface area contributed by atoms with Gasteiger partial charge in [0.1, 0.15) is 11.9 Å². The average molecular weight is 262 g/mol. The fraction of sp³-hybridized carbons (Fsp3) is 0.562. The van der Waals surface area contributed by atoms with Crippen LogP contribution in [0.3, 0.4) is 0 Å². The molecular weight excluding hydrogens is 240 g/mol. The van der Waals surface area contributed by atoms with E-state index >= 15 is 0 Å². The van der Waals surface area contributed by atoms with Crippen molar-refractivity contribution in [2.24, 2.45) is 5.92 Å². The number of carbonyl (C=O) groups is 1. The molecular formula is C16H22O3. The van der Waals surface area contributed by atoms with Crippen molar-refractivity contribution in [1.29, 1.82) is 0 Å². The smallest absolute Gasteiger partial charge is 0.303 e. The van der Waals surface area contributed by atoms with Crippen molar-refractivity contribution in [3.63, 3.8) is 0 Å². The minimum absolute atomic E-state index is 0.0466. The topological polar surface area (TPSA) is 46.5 Å². The van der Waals surface area contributed by atoms with E-state index in [-0.39, 0.29) is 18.4 Å². The summed E-state index contributed by atoms with van der Waals surface area (Å²) in [5, 5.41) is 8.99. The Morgan fingerprint density at radius 3 is 2.79 bits per heavy atom. The Morgan fingerprint density at radius 2 is 2.05 bits per heavy atom. The Balaban J connectivity index is 2.10. The summed E-state index contributed by atoms with van der Waals surface area (Å²) in [6.45, 7) is 4.08. The van der Waals surface area contributed by atoms with E-state index in [2.05, 4.69) is 12.1 Å². The number of rotatable bonds is 4. The summed E-state index contributed by atoms with van der Waals surface area (Å²) in [5.74, 6) is 0.329. The molecule has 19 heavy (non-hydrogen) atoms. The van der Waals surface area contributed by atoms with Gasteiger partial charge in [-0.1, -0.05) is 18.6 Å². The average Bonchev–Trinajstić information content (AvgIpc) is 2.35. The normalized spacial score (nSPS) is 23.1. The molecule has 0 radical (unpaired) electrons. The molecule has 2 unspecified atom stereocenters. The van der Waals surface area contributed by atoms with Crippen molar-refractivity contribution in [2.75, 3.05) is 0 Å². The molecule has 0 aliphatic heterocycles. The number of carboxylic acids is 1. The molecule has 0 heterocycles. The zero-order chi connectivity index (χ0) is 13.8. The predicted molar refractivity (Wildman–Crippen MR) is 74.5 cm³/mol. The number of benzene rings is 1. The molecule has 1 aliphatic carbocycles. The monoisotopic (exact) mass is 262 g/mol. The third kappa shape index (κ3) is 3.72. The van der Waals surface area contributed by atoms with E-state index < -0.39 is 5.97 Å². The number of aryl methyl sites for hydroxylation is 2. The first-order valence-electron chi connectivity index (χ1n) is 7.02. The molecule has 0 saturated heterocycles. The van der Waals surface area contributed by atoms with Gasteiger partial charge in [0.05, 0.1) is 6.42 Å². The van der Waals surface area contributed by atoms with E-state index in [9.17, 15) is 4.79 Å². The maximum atomic E-state index is 10.9. The second kappa shape index (κ2) is 6.09. The summed E-state index contributed by atoms with van der Waals surface area (Å²) in [5.41, 5.74) is 2.29. The molecule has 0 amide bonds. The van der Waals surface area contributed by atoms with Crippen molar-refractivity contribution < 1.29 is 14.6 Å². The van der Waals surface area contributed by atoms with Crippen LogP contribution in [0, 0.1) is 19.8 Å². The Hall–Kier alpha value is -1.51. The molecule has 1 saturated carbocycles. The number of aliphatic carboxylic acids is 1. The van der Waals surface area contributed by atoms with Crippen LogP contribution in [0.4, 0.5) is 0 Å². The lowest BCUT2D eigenvalue weighted by Crippen LogP contribution is -2.32. The third-order valence-corrected chi connectivity index (χ3v) is 3.90. The Kier molecular flexibility index (Phi) is 4.46. The standard InChI is InChI=1S/C16H22O3/c1-11-7-8-12(2)15(9-11)19-14-6-4-3-5-13(14)10-16(17)18/h7-9,13-14H,3-6,10H2,1-2H3,(H,17,18). The molecule has 3 nitrogen and oxygen atoms in total. The Bertz CT molecular complexity index is 453. The molecule has 0 spiro atoms. The molecule has 1 N–H and O–H groups in total. The van der Waals surface area contributed by atoms with Crippen LogP contribution >= 0.6 is 0 Å². The van der Waals surface area contributed by atoms with Gasteiger partial charge in [-0.2, -0.15) is 0 Å². The van der Waals surface area contributed by atoms with E-state index in [1.807, 2.05) is 19.9 Å². The van der Waals surface area contributed by atoms with Crippen LogP contribution in [0.25, 0.3) is 0 Å². The fourth-order valence-electron chi connectivity index (χ4n) is 2.78. The quantitative estimate of drug-likeness (QED) is 0.899. The largest absolute Gasteiger partial charge is 0.490 e. The van der Waals surface area contributed by atoms with Crippen LogP contribution in [0.1, 0.15) is 43.2 Å². The SMILES string of the molecule is Cc1ccc(C)c(OC2CCCCC2CC(=O)O)c1. The van der Waals surface area contributed by atoms with E-state index in [0.717, 1.165) is 37.0 Å². The highest BCUT2D eigenvalue weighted by Gasteiger charge is 2.29. The van der Waals surface area contributed by atoms with Crippen molar-refractivity contribution in [3.05, 3.63) is 29.3 Å². The summed E-state index contributed by atoms with van der Waals surface area (Å²) in [6.07, 6.45) is 4.43. The Morgan fingerprint density at radius 1 is 1.32 bits per heavy atom. The zero-order valence-corrected chi connectivity index (χ0v) is 11.7. The number of hydrogen-bond donors (Lipinski definition) is 1. The molecule has 3 heteroatoms. The fourth-order valence-corrected chi connectivity index (χ4v) is 2.78. The first-order chi connectivity index (χ1) is 9.06. The molecule has 1 aromatic rings. The maximum Gasteiger partial charge on any atom is 0.303 e. The van der Waals surface area contributed by atoms with E-state index in [1.165, 1.54) is 5.56 Å². The third-order valence-electron chi connectivity index (χ3n) is 3.90. The van der Waals surface area contributed by atoms with Crippen LogP contribution in [0.15, 0.2) is 18.2 Å². The minimum atomic E-state index is -0.721. The van der Waals surface area contributed by atoms with Crippen LogP contribution in [0.2, 0.25) is 0 Å². The van der Waals surface area contributed by atoms with Gasteiger partial charge in [0.15, 0.2) is 0 Å². The summed E-state index contributed by atoms with van der Waals surface area (Å²) in [4.78, 5) is 10.9. The molecule has 1 aliphatic rings. The Labute approximate surface area is 114 Å². The first kappa shape index (κ1) is 13.9. The highest BCUT2D eigenvalue weighted by Crippen LogP contribution is 2.32. The van der Waals surface area contributed by atoms with Gasteiger partial charge in [0, 0.05) is 5.92 Å². The number of carboxylic acid groups (broad SMARTS) is 1. The predicted octanol–water partition coefficient (Wildman–Crippen LogP) is 3.72. The van der Waals surface area contributed by atoms with Crippen LogP contribution in [-0.4, -0.2) is 17.2 Å². The van der Waals surface area contributed by atoms with Crippen LogP contribution < -0.4 is 4.74 Å². The summed E-state index contributed by atoms with van der Waals surface area (Å²) in [7, 11) is 0. The number of hydrogen-bond acceptors (Lipinski definition) is 2. The molecule has 1 aromatic carbocycles. The summed E-state index contributed by atoms with van der Waals surface area (Å²) < 4.78 is 6.12. The van der Waals surface area contributed by atoms with Gasteiger partial charge in [-0.3, -0.25) is 4.79 Å². The zero-order valence-electron chi connectivity index (χ0n) is 11.7. The molecule has 104 valence electrons. The van der Waals surface area contributed by atoms with Gasteiger partial charge in [0.25, 0.3) is 0 Å². The van der Waals surface area contributed by atoms with E-state index in [4.69, 9.17) is 9.84 Å². The highest BCUT2D eigenvalue weighted by molar-refractivity contribution is 5.67. The summed E-state index contributed by atoms with van der Waals surface area (Å²) in [6, 6.07) is 6.17. The van der Waals surface area contributed by atoms with Gasteiger partial charge in [-0.15, -0.1) is 0 Å². The van der Waals surface area contributed by atoms with Crippen molar-refractivity contribution >= 4 is 5.97 Å². The lowest BCUT2D eigenvalue weighted by Gasteiger charge is -2.31. The van der Waals surface area contributed by atoms with Crippen molar-refractivity contribution in [3.8, 4) is 5.75 Å². The maximum absolute atomic E-state index is 10.9. The summed E-state index contributed by atoms with van der Waals surface area (Å²) >= 11 is 0. The first-order valence-corrected chi connectivity index (χ1v) is 7.02. The molecule has 0 aromatic heterocycles. The van der Waals surface area contributed by atoms with Gasteiger partial charge in [-0.05, 0) is 50.3 Å². The van der Waals surface area contributed by atoms with Gasteiger partial charge < -0.3 is 9.84 Å². The van der Waals surface area contributed by atoms with Crippen molar-refractivity contribution in [1.82, 2.24) is 0 Å². The second-order valence-electron chi connectivity index (χ2n) is 5.57.